The molecule has 0 radical (unpaired) electrons. The quantitative estimate of drug-likeness (QED) is 0.428. The van der Waals surface area contributed by atoms with Crippen LogP contribution in [0.5, 0.6) is 0 Å². The summed E-state index contributed by atoms with van der Waals surface area (Å²) in [5, 5.41) is 0. The lowest BCUT2D eigenvalue weighted by atomic mass is 10.0. The second-order valence-corrected chi connectivity index (χ2v) is 5.74. The predicted molar refractivity (Wildman–Crippen MR) is 77.4 cm³/mol. The second-order valence-electron chi connectivity index (χ2n) is 4.51. The van der Waals surface area contributed by atoms with Crippen molar-refractivity contribution in [3.8, 4) is 0 Å². The van der Waals surface area contributed by atoms with Gasteiger partial charge in [-0.25, -0.2) is 0 Å². The monoisotopic (exact) mass is 327 g/mol. The number of thiocarbonyl (C=S) groups is 1. The predicted octanol–water partition coefficient (Wildman–Crippen LogP) is 3.89. The van der Waals surface area contributed by atoms with Gasteiger partial charge in [-0.2, -0.15) is 0 Å². The third-order valence-electron chi connectivity index (χ3n) is 2.25. The van der Waals surface area contributed by atoms with Gasteiger partial charge in [0.2, 0.25) is 0 Å². The van der Waals surface area contributed by atoms with Crippen LogP contribution in [0.15, 0.2) is 0 Å². The van der Waals surface area contributed by atoms with Gasteiger partial charge < -0.3 is 4.90 Å². The van der Waals surface area contributed by atoms with Crippen LogP contribution in [0.3, 0.4) is 0 Å². The molecule has 0 saturated heterocycles. The maximum atomic E-state index is 5.40. The summed E-state index contributed by atoms with van der Waals surface area (Å²) in [5.41, 5.74) is 0. The van der Waals surface area contributed by atoms with Gasteiger partial charge in [0.1, 0.15) is 0 Å². The fourth-order valence-electron chi connectivity index (χ4n) is 1.91. The van der Waals surface area contributed by atoms with Crippen LogP contribution in [0.25, 0.3) is 0 Å². The minimum Gasteiger partial charge on any atom is -0.360 e. The van der Waals surface area contributed by atoms with Gasteiger partial charge in [0.15, 0.2) is 0 Å². The third-order valence-corrected chi connectivity index (χ3v) is 3.84. The molecule has 0 amide bonds. The lowest BCUT2D eigenvalue weighted by Crippen LogP contribution is -2.43. The first-order chi connectivity index (χ1) is 6.40. The Kier molecular flexibility index (Phi) is 7.30. The van der Waals surface area contributed by atoms with Crippen LogP contribution >= 0.6 is 34.8 Å². The lowest BCUT2D eigenvalue weighted by molar-refractivity contribution is 0.249. The molecule has 0 aromatic rings. The van der Waals surface area contributed by atoms with Crippen LogP contribution in [0.2, 0.25) is 0 Å². The largest absolute Gasteiger partial charge is 0.360 e. The molecule has 0 N–H and O–H groups in total. The molecule has 0 aliphatic carbocycles. The second kappa shape index (κ2) is 6.99. The van der Waals surface area contributed by atoms with E-state index in [1.807, 2.05) is 0 Å². The number of hydrogen-bond acceptors (Lipinski definition) is 1. The normalized spacial score (nSPS) is 13.4. The van der Waals surface area contributed by atoms with E-state index in [9.17, 15) is 0 Å². The minimum absolute atomic E-state index is 0.519. The molecule has 84 valence electrons. The van der Waals surface area contributed by atoms with Crippen molar-refractivity contribution < 1.29 is 0 Å². The molecule has 0 aliphatic rings. The van der Waals surface area contributed by atoms with E-state index in [4.69, 9.17) is 12.2 Å². The van der Waals surface area contributed by atoms with Crippen LogP contribution in [0, 0.1) is 5.92 Å². The Morgan fingerprint density at radius 1 is 1.21 bits per heavy atom. The average molecular weight is 327 g/mol. The Bertz CT molecular complexity index is 180. The molecule has 0 aromatic heterocycles. The zero-order chi connectivity index (χ0) is 11.3. The SMILES string of the molecule is CC(C)CC(C)N(C(=S)CI)C(C)C. The van der Waals surface area contributed by atoms with Gasteiger partial charge in [-0.15, -0.1) is 0 Å². The summed E-state index contributed by atoms with van der Waals surface area (Å²) in [6, 6.07) is 1.09. The zero-order valence-electron chi connectivity index (χ0n) is 9.88. The summed E-state index contributed by atoms with van der Waals surface area (Å²) in [6.45, 7) is 11.2. The van der Waals surface area contributed by atoms with Crippen LogP contribution in [0.4, 0.5) is 0 Å². The molecule has 1 nitrogen and oxygen atoms in total. The molecule has 1 atom stereocenters. The van der Waals surface area contributed by atoms with Crippen molar-refractivity contribution in [3.05, 3.63) is 0 Å². The Morgan fingerprint density at radius 2 is 1.71 bits per heavy atom. The molecule has 0 heterocycles. The van der Waals surface area contributed by atoms with Gasteiger partial charge in [0, 0.05) is 12.1 Å². The smallest absolute Gasteiger partial charge is 0.0882 e. The Morgan fingerprint density at radius 3 is 2.00 bits per heavy atom. The minimum atomic E-state index is 0.519. The maximum Gasteiger partial charge on any atom is 0.0882 e. The molecule has 1 unspecified atom stereocenters. The first kappa shape index (κ1) is 14.6. The van der Waals surface area contributed by atoms with E-state index in [0.29, 0.717) is 12.1 Å². The van der Waals surface area contributed by atoms with Gasteiger partial charge in [-0.3, -0.25) is 0 Å². The molecule has 14 heavy (non-hydrogen) atoms. The van der Waals surface area contributed by atoms with Crippen molar-refractivity contribution in [2.24, 2.45) is 5.92 Å². The highest BCUT2D eigenvalue weighted by atomic mass is 127. The fourth-order valence-corrected chi connectivity index (χ4v) is 2.69. The highest BCUT2D eigenvalue weighted by Crippen LogP contribution is 2.15. The number of hydrogen-bond donors (Lipinski definition) is 0. The van der Waals surface area contributed by atoms with Gasteiger partial charge in [0.25, 0.3) is 0 Å². The Hall–Kier alpha value is 0.620. The van der Waals surface area contributed by atoms with E-state index in [-0.39, 0.29) is 0 Å². The average Bonchev–Trinajstić information content (AvgIpc) is 2.01. The van der Waals surface area contributed by atoms with Gasteiger partial charge in [0.05, 0.1) is 9.42 Å². The molecule has 0 saturated carbocycles. The molecule has 0 spiro atoms. The van der Waals surface area contributed by atoms with Gasteiger partial charge in [-0.05, 0) is 33.1 Å². The van der Waals surface area contributed by atoms with E-state index < -0.39 is 0 Å². The first-order valence-electron chi connectivity index (χ1n) is 5.27. The molecule has 0 bridgehead atoms. The van der Waals surface area contributed by atoms with Crippen LogP contribution in [0.1, 0.15) is 41.0 Å². The maximum absolute atomic E-state index is 5.40. The standard InChI is InChI=1S/C11H22INS/c1-8(2)6-10(5)13(9(3)4)11(14)7-12/h8-10H,6-7H2,1-5H3. The van der Waals surface area contributed by atoms with E-state index in [1.54, 1.807) is 0 Å². The van der Waals surface area contributed by atoms with Gasteiger partial charge >= 0.3 is 0 Å². The number of nitrogens with zero attached hydrogens (tertiary/aromatic N) is 1. The third kappa shape index (κ3) is 4.91. The van der Waals surface area contributed by atoms with Crippen molar-refractivity contribution in [1.29, 1.82) is 0 Å². The van der Waals surface area contributed by atoms with Crippen molar-refractivity contribution in [3.63, 3.8) is 0 Å². The summed E-state index contributed by atoms with van der Waals surface area (Å²) < 4.78 is 0.952. The Balaban J connectivity index is 4.41. The topological polar surface area (TPSA) is 3.24 Å². The molecular formula is C11H22INS. The first-order valence-corrected chi connectivity index (χ1v) is 7.20. The van der Waals surface area contributed by atoms with E-state index in [2.05, 4.69) is 62.1 Å². The summed E-state index contributed by atoms with van der Waals surface area (Å²) in [7, 11) is 0. The summed E-state index contributed by atoms with van der Waals surface area (Å²) in [4.78, 5) is 3.47. The molecule has 0 fully saturated rings. The van der Waals surface area contributed by atoms with Crippen molar-refractivity contribution in [2.75, 3.05) is 4.43 Å². The van der Waals surface area contributed by atoms with Crippen LogP contribution < -0.4 is 0 Å². The number of halogens is 1. The number of rotatable bonds is 5. The zero-order valence-corrected chi connectivity index (χ0v) is 12.9. The molecule has 0 aliphatic heterocycles. The molecular weight excluding hydrogens is 305 g/mol. The molecule has 0 aromatic carbocycles. The molecule has 3 heteroatoms. The Labute approximate surface area is 108 Å². The number of alkyl halides is 1. The van der Waals surface area contributed by atoms with Crippen LogP contribution in [-0.4, -0.2) is 26.4 Å². The van der Waals surface area contributed by atoms with Crippen molar-refractivity contribution >= 4 is 39.8 Å². The van der Waals surface area contributed by atoms with E-state index in [1.165, 1.54) is 6.42 Å². The van der Waals surface area contributed by atoms with E-state index >= 15 is 0 Å². The summed E-state index contributed by atoms with van der Waals surface area (Å²) >= 11 is 7.75. The van der Waals surface area contributed by atoms with Crippen molar-refractivity contribution in [1.82, 2.24) is 4.90 Å². The lowest BCUT2D eigenvalue weighted by Gasteiger charge is -2.35. The van der Waals surface area contributed by atoms with Crippen LogP contribution in [-0.2, 0) is 0 Å². The summed E-state index contributed by atoms with van der Waals surface area (Å²) in [5.74, 6) is 0.739. The summed E-state index contributed by atoms with van der Waals surface area (Å²) in [6.07, 6.45) is 1.22. The fraction of sp³-hybridized carbons (Fsp3) is 0.909. The van der Waals surface area contributed by atoms with Crippen molar-refractivity contribution in [2.45, 2.75) is 53.1 Å². The van der Waals surface area contributed by atoms with Gasteiger partial charge in [-0.1, -0.05) is 48.7 Å². The highest BCUT2D eigenvalue weighted by molar-refractivity contribution is 14.1. The highest BCUT2D eigenvalue weighted by Gasteiger charge is 2.19. The molecule has 0 rings (SSSR count). The van der Waals surface area contributed by atoms with E-state index in [0.717, 1.165) is 15.3 Å².